The molecule has 1 atom stereocenters. The van der Waals surface area contributed by atoms with Gasteiger partial charge in [-0.15, -0.1) is 0 Å². The van der Waals surface area contributed by atoms with Crippen LogP contribution in [0.4, 0.5) is 0 Å². The third-order valence-corrected chi connectivity index (χ3v) is 4.70. The van der Waals surface area contributed by atoms with Crippen LogP contribution in [-0.2, 0) is 0 Å². The van der Waals surface area contributed by atoms with Crippen LogP contribution in [0.1, 0.15) is 31.2 Å². The molecule has 1 aliphatic rings. The van der Waals surface area contributed by atoms with Gasteiger partial charge in [0.05, 0.1) is 0 Å². The lowest BCUT2D eigenvalue weighted by molar-refractivity contribution is 0.193. The summed E-state index contributed by atoms with van der Waals surface area (Å²) in [5.74, 6) is 0.640. The third kappa shape index (κ3) is 3.14. The first-order chi connectivity index (χ1) is 12.3. The maximum atomic E-state index is 9.32. The molecular formula is C21H19N3O. The van der Waals surface area contributed by atoms with Crippen molar-refractivity contribution in [1.29, 1.82) is 5.26 Å². The highest BCUT2D eigenvalue weighted by Gasteiger charge is 2.27. The van der Waals surface area contributed by atoms with E-state index in [1.165, 1.54) is 5.56 Å². The predicted molar refractivity (Wildman–Crippen MR) is 96.3 cm³/mol. The van der Waals surface area contributed by atoms with Crippen LogP contribution in [0.15, 0.2) is 65.3 Å². The molecule has 4 nitrogen and oxygen atoms in total. The van der Waals surface area contributed by atoms with Gasteiger partial charge in [0.1, 0.15) is 18.0 Å². The summed E-state index contributed by atoms with van der Waals surface area (Å²) in [4.78, 5) is 6.45. The molecule has 1 aromatic heterocycles. The Bertz CT molecular complexity index is 895. The summed E-state index contributed by atoms with van der Waals surface area (Å²) in [6.45, 7) is 0.780. The van der Waals surface area contributed by atoms with Crippen LogP contribution in [0.2, 0.25) is 0 Å². The van der Waals surface area contributed by atoms with E-state index in [0.29, 0.717) is 5.89 Å². The number of benzene rings is 2. The summed E-state index contributed by atoms with van der Waals surface area (Å²) in [6, 6.07) is 18.5. The molecule has 0 bridgehead atoms. The molecule has 2 heterocycles. The van der Waals surface area contributed by atoms with Crippen LogP contribution in [-0.4, -0.2) is 16.4 Å². The molecule has 0 N–H and O–H groups in total. The van der Waals surface area contributed by atoms with Gasteiger partial charge in [0, 0.05) is 12.1 Å². The van der Waals surface area contributed by atoms with Crippen molar-refractivity contribution in [3.8, 4) is 28.6 Å². The Morgan fingerprint density at radius 3 is 2.64 bits per heavy atom. The molecule has 1 saturated heterocycles. The molecule has 1 fully saturated rings. The summed E-state index contributed by atoms with van der Waals surface area (Å²) in [6.07, 6.45) is 7.03. The van der Waals surface area contributed by atoms with E-state index in [1.807, 2.05) is 30.3 Å². The standard InChI is InChI=1S/C21H19N3O/c22-15-24-12-5-4-11-20(24)21-23-19(14-25-21)18-10-6-9-17(13-18)16-7-2-1-3-8-16/h1-3,6-10,13-14,20H,4-5,11-12H2. The number of nitrogens with zero attached hydrogens (tertiary/aromatic N) is 3. The highest BCUT2D eigenvalue weighted by atomic mass is 16.3. The molecular weight excluding hydrogens is 310 g/mol. The maximum Gasteiger partial charge on any atom is 0.218 e. The largest absolute Gasteiger partial charge is 0.446 e. The van der Waals surface area contributed by atoms with Gasteiger partial charge in [0.2, 0.25) is 5.89 Å². The van der Waals surface area contributed by atoms with Crippen LogP contribution in [0.3, 0.4) is 0 Å². The molecule has 4 heteroatoms. The second-order valence-electron chi connectivity index (χ2n) is 6.32. The number of piperidine rings is 1. The summed E-state index contributed by atoms with van der Waals surface area (Å²) in [5.41, 5.74) is 4.17. The Labute approximate surface area is 147 Å². The number of aromatic nitrogens is 1. The maximum absolute atomic E-state index is 9.32. The molecule has 0 saturated carbocycles. The molecule has 25 heavy (non-hydrogen) atoms. The van der Waals surface area contributed by atoms with Crippen LogP contribution in [0.5, 0.6) is 0 Å². The van der Waals surface area contributed by atoms with Crippen molar-refractivity contribution in [3.05, 3.63) is 66.8 Å². The van der Waals surface area contributed by atoms with Crippen molar-refractivity contribution >= 4 is 0 Å². The van der Waals surface area contributed by atoms with Crippen molar-refractivity contribution in [1.82, 2.24) is 9.88 Å². The molecule has 0 spiro atoms. The fraction of sp³-hybridized carbons (Fsp3) is 0.238. The summed E-state index contributed by atoms with van der Waals surface area (Å²) in [5, 5.41) is 9.32. The Kier molecular flexibility index (Phi) is 4.22. The van der Waals surface area contributed by atoms with Gasteiger partial charge in [-0.3, -0.25) is 4.90 Å². The van der Waals surface area contributed by atoms with Crippen LogP contribution < -0.4 is 0 Å². The van der Waals surface area contributed by atoms with E-state index < -0.39 is 0 Å². The zero-order chi connectivity index (χ0) is 17.1. The first-order valence-electron chi connectivity index (χ1n) is 8.63. The van der Waals surface area contributed by atoms with Gasteiger partial charge in [-0.2, -0.15) is 5.26 Å². The Balaban J connectivity index is 1.63. The molecule has 1 unspecified atom stereocenters. The van der Waals surface area contributed by atoms with E-state index in [4.69, 9.17) is 4.42 Å². The zero-order valence-electron chi connectivity index (χ0n) is 13.9. The van der Waals surface area contributed by atoms with Gasteiger partial charge in [-0.05, 0) is 36.5 Å². The van der Waals surface area contributed by atoms with E-state index in [1.54, 1.807) is 11.2 Å². The van der Waals surface area contributed by atoms with Crippen LogP contribution in [0.25, 0.3) is 22.4 Å². The molecule has 0 aliphatic carbocycles. The zero-order valence-corrected chi connectivity index (χ0v) is 13.9. The van der Waals surface area contributed by atoms with Gasteiger partial charge in [-0.1, -0.05) is 48.5 Å². The van der Waals surface area contributed by atoms with E-state index in [9.17, 15) is 5.26 Å². The van der Waals surface area contributed by atoms with Gasteiger partial charge in [0.25, 0.3) is 0 Å². The van der Waals surface area contributed by atoms with E-state index in [-0.39, 0.29) is 6.04 Å². The lowest BCUT2D eigenvalue weighted by Gasteiger charge is -2.28. The minimum Gasteiger partial charge on any atom is -0.446 e. The summed E-state index contributed by atoms with van der Waals surface area (Å²) < 4.78 is 5.73. The van der Waals surface area contributed by atoms with Gasteiger partial charge >= 0.3 is 0 Å². The first-order valence-corrected chi connectivity index (χ1v) is 8.63. The number of nitriles is 1. The topological polar surface area (TPSA) is 53.1 Å². The van der Waals surface area contributed by atoms with Crippen molar-refractivity contribution < 1.29 is 4.42 Å². The van der Waals surface area contributed by atoms with E-state index in [0.717, 1.165) is 42.6 Å². The molecule has 0 radical (unpaired) electrons. The fourth-order valence-electron chi connectivity index (χ4n) is 3.37. The van der Waals surface area contributed by atoms with Crippen molar-refractivity contribution in [3.63, 3.8) is 0 Å². The number of oxazole rings is 1. The molecule has 1 aliphatic heterocycles. The Morgan fingerprint density at radius 2 is 1.80 bits per heavy atom. The SMILES string of the molecule is N#CN1CCCCC1c1nc(-c2cccc(-c3ccccc3)c2)co1. The number of rotatable bonds is 3. The Hall–Kier alpha value is -3.06. The Morgan fingerprint density at radius 1 is 1.00 bits per heavy atom. The first kappa shape index (κ1) is 15.5. The third-order valence-electron chi connectivity index (χ3n) is 4.70. The summed E-state index contributed by atoms with van der Waals surface area (Å²) >= 11 is 0. The number of likely N-dealkylation sites (tertiary alicyclic amines) is 1. The molecule has 124 valence electrons. The van der Waals surface area contributed by atoms with E-state index in [2.05, 4.69) is 35.4 Å². The molecule has 0 amide bonds. The smallest absolute Gasteiger partial charge is 0.218 e. The molecule has 3 aromatic rings. The van der Waals surface area contributed by atoms with Gasteiger partial charge in [-0.25, -0.2) is 4.98 Å². The quantitative estimate of drug-likeness (QED) is 0.633. The van der Waals surface area contributed by atoms with Crippen LogP contribution in [0, 0.1) is 11.5 Å². The minimum atomic E-state index is -0.0372. The number of hydrogen-bond acceptors (Lipinski definition) is 4. The van der Waals surface area contributed by atoms with E-state index >= 15 is 0 Å². The average Bonchev–Trinajstić information content (AvgIpc) is 3.19. The van der Waals surface area contributed by atoms with Crippen molar-refractivity contribution in [2.75, 3.05) is 6.54 Å². The monoisotopic (exact) mass is 329 g/mol. The van der Waals surface area contributed by atoms with Crippen molar-refractivity contribution in [2.24, 2.45) is 0 Å². The normalized spacial score (nSPS) is 17.2. The van der Waals surface area contributed by atoms with Crippen LogP contribution >= 0.6 is 0 Å². The lowest BCUT2D eigenvalue weighted by atomic mass is 10.0. The number of hydrogen-bond donors (Lipinski definition) is 0. The summed E-state index contributed by atoms with van der Waals surface area (Å²) in [7, 11) is 0. The molecule has 4 rings (SSSR count). The van der Waals surface area contributed by atoms with Gasteiger partial charge < -0.3 is 4.42 Å². The fourth-order valence-corrected chi connectivity index (χ4v) is 3.37. The average molecular weight is 329 g/mol. The lowest BCUT2D eigenvalue weighted by Crippen LogP contribution is -2.29. The minimum absolute atomic E-state index is 0.0372. The second kappa shape index (κ2) is 6.82. The highest BCUT2D eigenvalue weighted by Crippen LogP contribution is 2.32. The van der Waals surface area contributed by atoms with Gasteiger partial charge in [0.15, 0.2) is 6.19 Å². The molecule has 2 aromatic carbocycles. The second-order valence-corrected chi connectivity index (χ2v) is 6.32. The van der Waals surface area contributed by atoms with Crippen molar-refractivity contribution in [2.45, 2.75) is 25.3 Å². The highest BCUT2D eigenvalue weighted by molar-refractivity contribution is 5.71. The predicted octanol–water partition coefficient (Wildman–Crippen LogP) is 5.02.